The van der Waals surface area contributed by atoms with Crippen LogP contribution in [0.2, 0.25) is 0 Å². The number of aromatic nitrogens is 1. The molecule has 1 saturated carbocycles. The third-order valence-electron chi connectivity index (χ3n) is 3.00. The highest BCUT2D eigenvalue weighted by atomic mass is 14.8. The van der Waals surface area contributed by atoms with Gasteiger partial charge in [-0.25, -0.2) is 0 Å². The second-order valence-corrected chi connectivity index (χ2v) is 4.14. The van der Waals surface area contributed by atoms with Crippen molar-refractivity contribution in [2.45, 2.75) is 18.8 Å². The Morgan fingerprint density at radius 2 is 2.07 bits per heavy atom. The molecule has 1 aromatic carbocycles. The van der Waals surface area contributed by atoms with E-state index in [-0.39, 0.29) is 0 Å². The molecule has 76 valence electrons. The summed E-state index contributed by atoms with van der Waals surface area (Å²) in [5.74, 6) is 0.710. The Morgan fingerprint density at radius 1 is 1.27 bits per heavy atom. The van der Waals surface area contributed by atoms with Crippen molar-refractivity contribution in [3.05, 3.63) is 36.0 Å². The van der Waals surface area contributed by atoms with E-state index in [0.29, 0.717) is 5.92 Å². The summed E-state index contributed by atoms with van der Waals surface area (Å²) >= 11 is 0. The molecule has 0 aliphatic heterocycles. The Morgan fingerprint density at radius 3 is 2.80 bits per heavy atom. The van der Waals surface area contributed by atoms with Gasteiger partial charge < -0.3 is 5.32 Å². The summed E-state index contributed by atoms with van der Waals surface area (Å²) in [6.45, 7) is 0. The first-order chi connectivity index (χ1) is 7.38. The van der Waals surface area contributed by atoms with Crippen molar-refractivity contribution in [1.29, 1.82) is 0 Å². The second-order valence-electron chi connectivity index (χ2n) is 4.14. The summed E-state index contributed by atoms with van der Waals surface area (Å²) in [6, 6.07) is 10.5. The SMILES string of the molecule is CNc1cc(C2CC2)nc2ccccc12. The van der Waals surface area contributed by atoms with E-state index in [2.05, 4.69) is 29.6 Å². The van der Waals surface area contributed by atoms with Gasteiger partial charge in [-0.2, -0.15) is 0 Å². The van der Waals surface area contributed by atoms with Gasteiger partial charge in [-0.3, -0.25) is 4.98 Å². The molecular formula is C13H14N2. The predicted molar refractivity (Wildman–Crippen MR) is 63.3 cm³/mol. The van der Waals surface area contributed by atoms with E-state index >= 15 is 0 Å². The number of hydrogen-bond donors (Lipinski definition) is 1. The Labute approximate surface area is 89.3 Å². The minimum atomic E-state index is 0.710. The molecule has 0 saturated heterocycles. The van der Waals surface area contributed by atoms with E-state index in [1.807, 2.05) is 13.1 Å². The fraction of sp³-hybridized carbons (Fsp3) is 0.308. The number of benzene rings is 1. The summed E-state index contributed by atoms with van der Waals surface area (Å²) in [4.78, 5) is 4.71. The summed E-state index contributed by atoms with van der Waals surface area (Å²) in [7, 11) is 1.97. The van der Waals surface area contributed by atoms with Gasteiger partial charge in [0.1, 0.15) is 0 Å². The molecule has 3 rings (SSSR count). The number of fused-ring (bicyclic) bond motifs is 1. The smallest absolute Gasteiger partial charge is 0.0726 e. The third-order valence-corrected chi connectivity index (χ3v) is 3.00. The van der Waals surface area contributed by atoms with Crippen molar-refractivity contribution in [2.75, 3.05) is 12.4 Å². The topological polar surface area (TPSA) is 24.9 Å². The molecule has 2 nitrogen and oxygen atoms in total. The first-order valence-electron chi connectivity index (χ1n) is 5.46. The highest BCUT2D eigenvalue weighted by Gasteiger charge is 2.25. The number of nitrogens with one attached hydrogen (secondary N) is 1. The summed E-state index contributed by atoms with van der Waals surface area (Å²) in [5.41, 5.74) is 3.55. The number of nitrogens with zero attached hydrogens (tertiary/aromatic N) is 1. The Kier molecular flexibility index (Phi) is 1.88. The predicted octanol–water partition coefficient (Wildman–Crippen LogP) is 3.15. The van der Waals surface area contributed by atoms with Crippen molar-refractivity contribution in [1.82, 2.24) is 4.98 Å². The molecule has 1 aliphatic rings. The molecule has 1 N–H and O–H groups in total. The van der Waals surface area contributed by atoms with Gasteiger partial charge in [0.2, 0.25) is 0 Å². The third kappa shape index (κ3) is 1.46. The maximum Gasteiger partial charge on any atom is 0.0726 e. The first-order valence-corrected chi connectivity index (χ1v) is 5.46. The minimum absolute atomic E-state index is 0.710. The zero-order chi connectivity index (χ0) is 10.3. The lowest BCUT2D eigenvalue weighted by atomic mass is 10.1. The van der Waals surface area contributed by atoms with E-state index in [9.17, 15) is 0 Å². The van der Waals surface area contributed by atoms with Gasteiger partial charge in [0.15, 0.2) is 0 Å². The van der Waals surface area contributed by atoms with Crippen LogP contribution in [0.5, 0.6) is 0 Å². The monoisotopic (exact) mass is 198 g/mol. The Hall–Kier alpha value is -1.57. The van der Waals surface area contributed by atoms with Crippen molar-refractivity contribution in [2.24, 2.45) is 0 Å². The molecule has 1 heterocycles. The molecular weight excluding hydrogens is 184 g/mol. The van der Waals surface area contributed by atoms with Gasteiger partial charge in [0.25, 0.3) is 0 Å². The second kappa shape index (κ2) is 3.23. The molecule has 0 spiro atoms. The maximum absolute atomic E-state index is 4.71. The van der Waals surface area contributed by atoms with Crippen LogP contribution < -0.4 is 5.32 Å². The van der Waals surface area contributed by atoms with E-state index in [4.69, 9.17) is 4.98 Å². The maximum atomic E-state index is 4.71. The van der Waals surface area contributed by atoms with Crippen molar-refractivity contribution in [3.8, 4) is 0 Å². The van der Waals surface area contributed by atoms with Crippen LogP contribution in [-0.4, -0.2) is 12.0 Å². The average molecular weight is 198 g/mol. The molecule has 1 aliphatic carbocycles. The minimum Gasteiger partial charge on any atom is -0.388 e. The fourth-order valence-electron chi connectivity index (χ4n) is 1.99. The molecule has 0 atom stereocenters. The average Bonchev–Trinajstić information content (AvgIpc) is 3.11. The molecule has 0 amide bonds. The molecule has 0 unspecified atom stereocenters. The summed E-state index contributed by atoms with van der Waals surface area (Å²) in [6.07, 6.45) is 2.60. The lowest BCUT2D eigenvalue weighted by Crippen LogP contribution is -1.95. The normalized spacial score (nSPS) is 15.5. The van der Waals surface area contributed by atoms with Crippen LogP contribution in [0.3, 0.4) is 0 Å². The van der Waals surface area contributed by atoms with Gasteiger partial charge in [-0.1, -0.05) is 18.2 Å². The molecule has 2 heteroatoms. The van der Waals surface area contributed by atoms with Crippen LogP contribution in [0.25, 0.3) is 10.9 Å². The molecule has 1 fully saturated rings. The fourth-order valence-corrected chi connectivity index (χ4v) is 1.99. The molecule has 0 radical (unpaired) electrons. The highest BCUT2D eigenvalue weighted by Crippen LogP contribution is 2.40. The van der Waals surface area contributed by atoms with Crippen molar-refractivity contribution >= 4 is 16.6 Å². The van der Waals surface area contributed by atoms with Crippen molar-refractivity contribution < 1.29 is 0 Å². The number of pyridine rings is 1. The lowest BCUT2D eigenvalue weighted by molar-refractivity contribution is 1.04. The van der Waals surface area contributed by atoms with Crippen LogP contribution in [0.1, 0.15) is 24.5 Å². The van der Waals surface area contributed by atoms with Gasteiger partial charge in [-0.05, 0) is 25.0 Å². The molecule has 1 aromatic heterocycles. The van der Waals surface area contributed by atoms with Crippen LogP contribution in [0.15, 0.2) is 30.3 Å². The van der Waals surface area contributed by atoms with E-state index in [1.54, 1.807) is 0 Å². The van der Waals surface area contributed by atoms with Gasteiger partial charge in [0, 0.05) is 29.7 Å². The zero-order valence-corrected chi connectivity index (χ0v) is 8.83. The quantitative estimate of drug-likeness (QED) is 0.801. The van der Waals surface area contributed by atoms with E-state index < -0.39 is 0 Å². The number of para-hydroxylation sites is 1. The lowest BCUT2D eigenvalue weighted by Gasteiger charge is -2.08. The summed E-state index contributed by atoms with van der Waals surface area (Å²) in [5, 5.41) is 4.47. The van der Waals surface area contributed by atoms with Crippen molar-refractivity contribution in [3.63, 3.8) is 0 Å². The Balaban J connectivity index is 2.25. The van der Waals surface area contributed by atoms with Gasteiger partial charge >= 0.3 is 0 Å². The molecule has 2 aromatic rings. The van der Waals surface area contributed by atoms with E-state index in [0.717, 1.165) is 5.52 Å². The Bertz CT molecular complexity index is 501. The molecule has 0 bridgehead atoms. The van der Waals surface area contributed by atoms with Crippen LogP contribution >= 0.6 is 0 Å². The zero-order valence-electron chi connectivity index (χ0n) is 8.83. The number of hydrogen-bond acceptors (Lipinski definition) is 2. The summed E-state index contributed by atoms with van der Waals surface area (Å²) < 4.78 is 0. The highest BCUT2D eigenvalue weighted by molar-refractivity contribution is 5.91. The largest absolute Gasteiger partial charge is 0.388 e. The first kappa shape index (κ1) is 8.72. The van der Waals surface area contributed by atoms with Gasteiger partial charge in [-0.15, -0.1) is 0 Å². The van der Waals surface area contributed by atoms with Crippen LogP contribution in [0, 0.1) is 0 Å². The standard InChI is InChI=1S/C13H14N2/c1-14-13-8-12(9-6-7-9)15-11-5-3-2-4-10(11)13/h2-5,8-9H,6-7H2,1H3,(H,14,15). The van der Waals surface area contributed by atoms with Crippen LogP contribution in [0.4, 0.5) is 5.69 Å². The number of anilines is 1. The molecule has 15 heavy (non-hydrogen) atoms. The van der Waals surface area contributed by atoms with E-state index in [1.165, 1.54) is 29.6 Å². The van der Waals surface area contributed by atoms with Crippen LogP contribution in [-0.2, 0) is 0 Å². The van der Waals surface area contributed by atoms with Gasteiger partial charge in [0.05, 0.1) is 5.52 Å². The number of rotatable bonds is 2.